The number of allylic oxidation sites excluding steroid dienone is 2. The highest BCUT2D eigenvalue weighted by molar-refractivity contribution is 5.69. The first-order valence-corrected chi connectivity index (χ1v) is 11.3. The van der Waals surface area contributed by atoms with Crippen molar-refractivity contribution in [1.82, 2.24) is 0 Å². The maximum Gasteiger partial charge on any atom is 0.305 e. The lowest BCUT2D eigenvalue weighted by molar-refractivity contribution is -0.143. The van der Waals surface area contributed by atoms with E-state index in [9.17, 15) is 9.90 Å². The van der Waals surface area contributed by atoms with E-state index in [2.05, 4.69) is 19.1 Å². The SMILES string of the molecule is CCCCCCCC/C=C\CCCCCCC(=O)OCCc1ccc(O)cc1. The van der Waals surface area contributed by atoms with Crippen molar-refractivity contribution in [2.75, 3.05) is 6.61 Å². The number of carbonyl (C=O) groups is 1. The minimum atomic E-state index is -0.0994. The molecule has 0 fully saturated rings. The third-order valence-corrected chi connectivity index (χ3v) is 4.98. The predicted octanol–water partition coefficient (Wildman–Crippen LogP) is 7.13. The second-order valence-electron chi connectivity index (χ2n) is 7.62. The van der Waals surface area contributed by atoms with Crippen molar-refractivity contribution in [3.63, 3.8) is 0 Å². The van der Waals surface area contributed by atoms with Gasteiger partial charge in [-0.2, -0.15) is 0 Å². The second kappa shape index (κ2) is 17.3. The van der Waals surface area contributed by atoms with Gasteiger partial charge in [0.25, 0.3) is 0 Å². The Kier molecular flexibility index (Phi) is 15.0. The number of carbonyl (C=O) groups excluding carboxylic acids is 1. The topological polar surface area (TPSA) is 46.5 Å². The van der Waals surface area contributed by atoms with Crippen LogP contribution in [-0.4, -0.2) is 17.7 Å². The summed E-state index contributed by atoms with van der Waals surface area (Å²) < 4.78 is 5.28. The number of phenolic OH excluding ortho intramolecular Hbond substituents is 1. The fourth-order valence-corrected chi connectivity index (χ4v) is 3.18. The maximum absolute atomic E-state index is 11.7. The van der Waals surface area contributed by atoms with Crippen molar-refractivity contribution in [2.24, 2.45) is 0 Å². The minimum absolute atomic E-state index is 0.0994. The Morgan fingerprint density at radius 1 is 0.857 bits per heavy atom. The van der Waals surface area contributed by atoms with Gasteiger partial charge in [0.2, 0.25) is 0 Å². The molecule has 1 aromatic rings. The third-order valence-electron chi connectivity index (χ3n) is 4.98. The third kappa shape index (κ3) is 14.3. The number of esters is 1. The lowest BCUT2D eigenvalue weighted by atomic mass is 10.1. The molecule has 0 amide bonds. The van der Waals surface area contributed by atoms with E-state index in [0.29, 0.717) is 19.4 Å². The van der Waals surface area contributed by atoms with E-state index < -0.39 is 0 Å². The molecule has 0 aliphatic rings. The van der Waals surface area contributed by atoms with Gasteiger partial charge < -0.3 is 9.84 Å². The largest absolute Gasteiger partial charge is 0.508 e. The smallest absolute Gasteiger partial charge is 0.305 e. The summed E-state index contributed by atoms with van der Waals surface area (Å²) >= 11 is 0. The van der Waals surface area contributed by atoms with Gasteiger partial charge in [-0.15, -0.1) is 0 Å². The van der Waals surface area contributed by atoms with Crippen LogP contribution in [0.5, 0.6) is 5.75 Å². The molecule has 0 spiro atoms. The van der Waals surface area contributed by atoms with E-state index in [1.807, 2.05) is 12.1 Å². The zero-order valence-electron chi connectivity index (χ0n) is 17.8. The molecule has 1 rings (SSSR count). The predicted molar refractivity (Wildman–Crippen MR) is 118 cm³/mol. The number of phenols is 1. The summed E-state index contributed by atoms with van der Waals surface area (Å²) in [6.45, 7) is 2.67. The summed E-state index contributed by atoms with van der Waals surface area (Å²) in [6, 6.07) is 7.01. The van der Waals surface area contributed by atoms with Crippen LogP contribution in [0.3, 0.4) is 0 Å². The van der Waals surface area contributed by atoms with Crippen LogP contribution in [0.15, 0.2) is 36.4 Å². The van der Waals surface area contributed by atoms with Crippen LogP contribution in [0.25, 0.3) is 0 Å². The summed E-state index contributed by atoms with van der Waals surface area (Å²) in [5, 5.41) is 9.24. The number of rotatable bonds is 17. The maximum atomic E-state index is 11.7. The van der Waals surface area contributed by atoms with Crippen molar-refractivity contribution in [2.45, 2.75) is 96.8 Å². The fraction of sp³-hybridized carbons (Fsp3) is 0.640. The van der Waals surface area contributed by atoms with Gasteiger partial charge in [0, 0.05) is 12.8 Å². The lowest BCUT2D eigenvalue weighted by Gasteiger charge is -2.05. The molecule has 0 saturated carbocycles. The summed E-state index contributed by atoms with van der Waals surface area (Å²) in [7, 11) is 0. The highest BCUT2D eigenvalue weighted by Crippen LogP contribution is 2.11. The molecule has 0 aliphatic carbocycles. The van der Waals surface area contributed by atoms with Crippen molar-refractivity contribution in [1.29, 1.82) is 0 Å². The van der Waals surface area contributed by atoms with Crippen LogP contribution in [-0.2, 0) is 16.0 Å². The van der Waals surface area contributed by atoms with Crippen LogP contribution < -0.4 is 0 Å². The molecule has 0 aliphatic heterocycles. The first-order chi connectivity index (χ1) is 13.7. The molecule has 0 aromatic heterocycles. The Labute approximate surface area is 172 Å². The number of unbranched alkanes of at least 4 members (excludes halogenated alkanes) is 10. The first-order valence-electron chi connectivity index (χ1n) is 11.3. The van der Waals surface area contributed by atoms with E-state index in [4.69, 9.17) is 4.74 Å². The number of aromatic hydroxyl groups is 1. The molecule has 0 heterocycles. The quantitative estimate of drug-likeness (QED) is 0.175. The molecule has 0 radical (unpaired) electrons. The number of benzene rings is 1. The highest BCUT2D eigenvalue weighted by atomic mass is 16.5. The minimum Gasteiger partial charge on any atom is -0.508 e. The Morgan fingerprint density at radius 3 is 2.07 bits per heavy atom. The normalized spacial score (nSPS) is 11.2. The lowest BCUT2D eigenvalue weighted by Crippen LogP contribution is -2.07. The van der Waals surface area contributed by atoms with Gasteiger partial charge in [-0.3, -0.25) is 4.79 Å². The first kappa shape index (κ1) is 24.3. The zero-order chi connectivity index (χ0) is 20.3. The Bertz CT molecular complexity index is 519. The molecule has 3 heteroatoms. The second-order valence-corrected chi connectivity index (χ2v) is 7.62. The highest BCUT2D eigenvalue weighted by Gasteiger charge is 2.03. The zero-order valence-corrected chi connectivity index (χ0v) is 17.8. The molecule has 0 atom stereocenters. The van der Waals surface area contributed by atoms with E-state index >= 15 is 0 Å². The van der Waals surface area contributed by atoms with Crippen molar-refractivity contribution in [3.05, 3.63) is 42.0 Å². The average molecular weight is 389 g/mol. The molecule has 158 valence electrons. The Balaban J connectivity index is 1.85. The van der Waals surface area contributed by atoms with Gasteiger partial charge in [-0.25, -0.2) is 0 Å². The summed E-state index contributed by atoms with van der Waals surface area (Å²) in [6.07, 6.45) is 20.8. The van der Waals surface area contributed by atoms with E-state index in [1.165, 1.54) is 57.8 Å². The standard InChI is InChI=1S/C25H40O3/c1-2-3-4-5-6-7-8-9-10-11-12-13-14-15-16-25(27)28-22-21-23-17-19-24(26)20-18-23/h9-10,17-20,26H,2-8,11-16,21-22H2,1H3/b10-9-. The summed E-state index contributed by atoms with van der Waals surface area (Å²) in [5.74, 6) is 0.159. The van der Waals surface area contributed by atoms with Gasteiger partial charge in [0.05, 0.1) is 6.61 Å². The summed E-state index contributed by atoms with van der Waals surface area (Å²) in [5.41, 5.74) is 1.06. The Hall–Kier alpha value is -1.77. The number of hydrogen-bond donors (Lipinski definition) is 1. The van der Waals surface area contributed by atoms with Crippen molar-refractivity contribution < 1.29 is 14.6 Å². The molecule has 28 heavy (non-hydrogen) atoms. The van der Waals surface area contributed by atoms with Gasteiger partial charge in [-0.05, 0) is 49.8 Å². The number of hydrogen-bond acceptors (Lipinski definition) is 3. The summed E-state index contributed by atoms with van der Waals surface area (Å²) in [4.78, 5) is 11.7. The molecule has 0 bridgehead atoms. The Morgan fingerprint density at radius 2 is 1.43 bits per heavy atom. The van der Waals surface area contributed by atoms with Crippen LogP contribution in [0, 0.1) is 0 Å². The molecular weight excluding hydrogens is 348 g/mol. The van der Waals surface area contributed by atoms with E-state index in [1.54, 1.807) is 12.1 Å². The van der Waals surface area contributed by atoms with Crippen molar-refractivity contribution in [3.8, 4) is 5.75 Å². The molecule has 0 unspecified atom stereocenters. The van der Waals surface area contributed by atoms with Crippen LogP contribution >= 0.6 is 0 Å². The molecule has 0 saturated heterocycles. The average Bonchev–Trinajstić information content (AvgIpc) is 2.70. The molecule has 3 nitrogen and oxygen atoms in total. The van der Waals surface area contributed by atoms with Gasteiger partial charge >= 0.3 is 5.97 Å². The van der Waals surface area contributed by atoms with E-state index in [-0.39, 0.29) is 11.7 Å². The van der Waals surface area contributed by atoms with Crippen LogP contribution in [0.1, 0.15) is 96.0 Å². The van der Waals surface area contributed by atoms with Crippen LogP contribution in [0.2, 0.25) is 0 Å². The number of ether oxygens (including phenoxy) is 1. The molecule has 1 aromatic carbocycles. The van der Waals surface area contributed by atoms with Gasteiger partial charge in [0.1, 0.15) is 5.75 Å². The molecular formula is C25H40O3. The van der Waals surface area contributed by atoms with Gasteiger partial charge in [-0.1, -0.05) is 76.2 Å². The van der Waals surface area contributed by atoms with E-state index in [0.717, 1.165) is 24.8 Å². The monoisotopic (exact) mass is 388 g/mol. The van der Waals surface area contributed by atoms with Gasteiger partial charge in [0.15, 0.2) is 0 Å². The van der Waals surface area contributed by atoms with Crippen molar-refractivity contribution >= 4 is 5.97 Å². The molecule has 1 N–H and O–H groups in total. The van der Waals surface area contributed by atoms with Crippen LogP contribution in [0.4, 0.5) is 0 Å². The fourth-order valence-electron chi connectivity index (χ4n) is 3.18.